The van der Waals surface area contributed by atoms with Crippen molar-refractivity contribution in [3.05, 3.63) is 29.6 Å². The van der Waals surface area contributed by atoms with Crippen LogP contribution in [0.3, 0.4) is 0 Å². The fraction of sp³-hybridized carbons (Fsp3) is 0.538. The summed E-state index contributed by atoms with van der Waals surface area (Å²) in [6.45, 7) is 7.74. The molecular formula is C13H19N3O. The van der Waals surface area contributed by atoms with Crippen LogP contribution in [0.15, 0.2) is 18.3 Å². The molecule has 1 aromatic rings. The maximum atomic E-state index is 12.5. The van der Waals surface area contributed by atoms with Crippen LogP contribution in [-0.4, -0.2) is 41.0 Å². The topological polar surface area (TPSA) is 45.2 Å². The number of piperazine rings is 1. The highest BCUT2D eigenvalue weighted by Gasteiger charge is 2.30. The second-order valence-corrected chi connectivity index (χ2v) is 4.71. The Morgan fingerprint density at radius 2 is 2.06 bits per heavy atom. The first-order valence-corrected chi connectivity index (χ1v) is 6.06. The second kappa shape index (κ2) is 4.84. The number of aryl methyl sites for hydroxylation is 1. The lowest BCUT2D eigenvalue weighted by molar-refractivity contribution is 0.0543. The van der Waals surface area contributed by atoms with Gasteiger partial charge >= 0.3 is 0 Å². The van der Waals surface area contributed by atoms with Gasteiger partial charge in [0.25, 0.3) is 5.91 Å². The van der Waals surface area contributed by atoms with Gasteiger partial charge in [-0.3, -0.25) is 9.78 Å². The summed E-state index contributed by atoms with van der Waals surface area (Å²) in [5, 5.41) is 3.33. The van der Waals surface area contributed by atoms with E-state index in [4.69, 9.17) is 0 Å². The van der Waals surface area contributed by atoms with Crippen LogP contribution in [0.25, 0.3) is 0 Å². The molecule has 0 bridgehead atoms. The monoisotopic (exact) mass is 233 g/mol. The van der Waals surface area contributed by atoms with Crippen LogP contribution in [0.2, 0.25) is 0 Å². The lowest BCUT2D eigenvalue weighted by Gasteiger charge is -2.39. The number of carbonyl (C=O) groups is 1. The van der Waals surface area contributed by atoms with E-state index in [0.717, 1.165) is 18.8 Å². The third-order valence-corrected chi connectivity index (χ3v) is 3.30. The van der Waals surface area contributed by atoms with Crippen molar-refractivity contribution in [1.82, 2.24) is 15.2 Å². The molecule has 2 unspecified atom stereocenters. The zero-order valence-corrected chi connectivity index (χ0v) is 10.6. The minimum absolute atomic E-state index is 0.0945. The molecule has 1 aliphatic rings. The summed E-state index contributed by atoms with van der Waals surface area (Å²) in [5.74, 6) is 0.0945. The van der Waals surface area contributed by atoms with Crippen LogP contribution >= 0.6 is 0 Å². The molecule has 1 fully saturated rings. The minimum atomic E-state index is 0.0945. The predicted molar refractivity (Wildman–Crippen MR) is 66.9 cm³/mol. The Morgan fingerprint density at radius 3 is 2.65 bits per heavy atom. The van der Waals surface area contributed by atoms with Gasteiger partial charge < -0.3 is 10.2 Å². The molecule has 0 aliphatic carbocycles. The van der Waals surface area contributed by atoms with Gasteiger partial charge in [-0.15, -0.1) is 0 Å². The summed E-state index contributed by atoms with van der Waals surface area (Å²) >= 11 is 0. The molecular weight excluding hydrogens is 214 g/mol. The van der Waals surface area contributed by atoms with Crippen molar-refractivity contribution >= 4 is 5.91 Å². The molecule has 0 saturated carbocycles. The first-order valence-electron chi connectivity index (χ1n) is 6.06. The largest absolute Gasteiger partial charge is 0.331 e. The van der Waals surface area contributed by atoms with Crippen molar-refractivity contribution in [2.75, 3.05) is 13.1 Å². The molecule has 1 saturated heterocycles. The van der Waals surface area contributed by atoms with Crippen molar-refractivity contribution in [3.8, 4) is 0 Å². The van der Waals surface area contributed by atoms with Crippen molar-refractivity contribution in [2.24, 2.45) is 0 Å². The smallest absolute Gasteiger partial charge is 0.256 e. The van der Waals surface area contributed by atoms with Gasteiger partial charge in [-0.1, -0.05) is 0 Å². The summed E-state index contributed by atoms with van der Waals surface area (Å²) in [6.07, 6.45) is 1.72. The molecule has 2 heterocycles. The first kappa shape index (κ1) is 12.0. The molecule has 17 heavy (non-hydrogen) atoms. The van der Waals surface area contributed by atoms with Gasteiger partial charge in [0.05, 0.1) is 5.56 Å². The Hall–Kier alpha value is -1.42. The number of pyridine rings is 1. The SMILES string of the molecule is Cc1ncccc1C(=O)N1C(C)CNCC1C. The zero-order valence-electron chi connectivity index (χ0n) is 10.6. The Kier molecular flexibility index (Phi) is 3.43. The fourth-order valence-electron chi connectivity index (χ4n) is 2.38. The molecule has 1 N–H and O–H groups in total. The predicted octanol–water partition coefficient (Wildman–Crippen LogP) is 1.21. The Labute approximate surface area is 102 Å². The summed E-state index contributed by atoms with van der Waals surface area (Å²) in [5.41, 5.74) is 1.52. The molecule has 1 amide bonds. The minimum Gasteiger partial charge on any atom is -0.331 e. The number of nitrogens with zero attached hydrogens (tertiary/aromatic N) is 2. The summed E-state index contributed by atoms with van der Waals surface area (Å²) < 4.78 is 0. The maximum absolute atomic E-state index is 12.5. The first-order chi connectivity index (χ1) is 8.11. The average molecular weight is 233 g/mol. The van der Waals surface area contributed by atoms with Gasteiger partial charge in [0.2, 0.25) is 0 Å². The summed E-state index contributed by atoms with van der Waals surface area (Å²) in [7, 11) is 0. The average Bonchev–Trinajstić information content (AvgIpc) is 2.29. The van der Waals surface area contributed by atoms with Crippen LogP contribution in [0, 0.1) is 6.92 Å². The normalized spacial score (nSPS) is 24.8. The van der Waals surface area contributed by atoms with Gasteiger partial charge in [0, 0.05) is 37.1 Å². The standard InChI is InChI=1S/C13H19N3O/c1-9-7-14-8-10(2)16(9)13(17)12-5-4-6-15-11(12)3/h4-6,9-10,14H,7-8H2,1-3H3. The Morgan fingerprint density at radius 1 is 1.41 bits per heavy atom. The highest BCUT2D eigenvalue weighted by Crippen LogP contribution is 2.16. The molecule has 92 valence electrons. The van der Waals surface area contributed by atoms with Crippen molar-refractivity contribution in [1.29, 1.82) is 0 Å². The fourth-order valence-corrected chi connectivity index (χ4v) is 2.38. The number of carbonyl (C=O) groups excluding carboxylic acids is 1. The molecule has 0 aromatic carbocycles. The molecule has 4 heteroatoms. The van der Waals surface area contributed by atoms with Crippen LogP contribution < -0.4 is 5.32 Å². The summed E-state index contributed by atoms with van der Waals surface area (Å²) in [4.78, 5) is 18.6. The van der Waals surface area contributed by atoms with E-state index in [0.29, 0.717) is 5.56 Å². The van der Waals surface area contributed by atoms with Crippen LogP contribution in [0.1, 0.15) is 29.9 Å². The van der Waals surface area contributed by atoms with Gasteiger partial charge in [-0.25, -0.2) is 0 Å². The van der Waals surface area contributed by atoms with Crippen LogP contribution in [-0.2, 0) is 0 Å². The molecule has 4 nitrogen and oxygen atoms in total. The molecule has 1 aliphatic heterocycles. The second-order valence-electron chi connectivity index (χ2n) is 4.71. The third-order valence-electron chi connectivity index (χ3n) is 3.30. The number of hydrogen-bond acceptors (Lipinski definition) is 3. The van der Waals surface area contributed by atoms with E-state index in [2.05, 4.69) is 24.1 Å². The van der Waals surface area contributed by atoms with E-state index >= 15 is 0 Å². The molecule has 1 aromatic heterocycles. The Bertz CT molecular complexity index is 409. The van der Waals surface area contributed by atoms with Crippen LogP contribution in [0.4, 0.5) is 0 Å². The lowest BCUT2D eigenvalue weighted by atomic mass is 10.1. The van der Waals surface area contributed by atoms with Gasteiger partial charge in [0.1, 0.15) is 0 Å². The van der Waals surface area contributed by atoms with Gasteiger partial charge in [-0.05, 0) is 32.9 Å². The number of amides is 1. The van der Waals surface area contributed by atoms with Crippen molar-refractivity contribution in [2.45, 2.75) is 32.9 Å². The Balaban J connectivity index is 2.27. The van der Waals surface area contributed by atoms with Gasteiger partial charge in [0.15, 0.2) is 0 Å². The van der Waals surface area contributed by atoms with Crippen molar-refractivity contribution < 1.29 is 4.79 Å². The quantitative estimate of drug-likeness (QED) is 0.793. The van der Waals surface area contributed by atoms with Crippen LogP contribution in [0.5, 0.6) is 0 Å². The zero-order chi connectivity index (χ0) is 12.4. The van der Waals surface area contributed by atoms with E-state index in [1.807, 2.05) is 24.0 Å². The number of nitrogens with one attached hydrogen (secondary N) is 1. The number of hydrogen-bond donors (Lipinski definition) is 1. The third kappa shape index (κ3) is 2.31. The molecule has 0 radical (unpaired) electrons. The molecule has 0 spiro atoms. The van der Waals surface area contributed by atoms with Gasteiger partial charge in [-0.2, -0.15) is 0 Å². The van der Waals surface area contributed by atoms with Crippen molar-refractivity contribution in [3.63, 3.8) is 0 Å². The number of rotatable bonds is 1. The maximum Gasteiger partial charge on any atom is 0.256 e. The van der Waals surface area contributed by atoms with E-state index in [1.165, 1.54) is 0 Å². The van der Waals surface area contributed by atoms with E-state index in [-0.39, 0.29) is 18.0 Å². The van der Waals surface area contributed by atoms with E-state index in [9.17, 15) is 4.79 Å². The summed E-state index contributed by atoms with van der Waals surface area (Å²) in [6, 6.07) is 4.13. The van der Waals surface area contributed by atoms with E-state index < -0.39 is 0 Å². The van der Waals surface area contributed by atoms with E-state index in [1.54, 1.807) is 6.20 Å². The molecule has 2 rings (SSSR count). The molecule has 2 atom stereocenters. The highest BCUT2D eigenvalue weighted by atomic mass is 16.2. The number of aromatic nitrogens is 1. The lowest BCUT2D eigenvalue weighted by Crippen LogP contribution is -2.57. The highest BCUT2D eigenvalue weighted by molar-refractivity contribution is 5.95.